The van der Waals surface area contributed by atoms with E-state index >= 15 is 0 Å². The molecule has 0 radical (unpaired) electrons. The van der Waals surface area contributed by atoms with Gasteiger partial charge < -0.3 is 24.8 Å². The molecular weight excluding hydrogens is 484 g/mol. The molecule has 3 aromatic rings. The fourth-order valence-corrected chi connectivity index (χ4v) is 4.45. The van der Waals surface area contributed by atoms with Crippen molar-refractivity contribution in [2.75, 3.05) is 25.5 Å². The van der Waals surface area contributed by atoms with Crippen LogP contribution in [0.2, 0.25) is 5.02 Å². The van der Waals surface area contributed by atoms with Crippen LogP contribution in [0.15, 0.2) is 55.4 Å². The second-order valence-corrected chi connectivity index (χ2v) is 8.88. The molecule has 2 aromatic carbocycles. The molecule has 1 fully saturated rings. The largest absolute Gasteiger partial charge is 0.493 e. The topological polar surface area (TPSA) is 114 Å². The summed E-state index contributed by atoms with van der Waals surface area (Å²) in [4.78, 5) is 34.0. The van der Waals surface area contributed by atoms with Crippen molar-refractivity contribution in [1.29, 1.82) is 0 Å². The number of carbonyl (C=O) groups is 2. The molecule has 1 aliphatic heterocycles. The number of hydrogen-bond acceptors (Lipinski definition) is 7. The zero-order chi connectivity index (χ0) is 25.7. The standard InChI is InChI=1S/C26H27ClN4O5/c1-3-24(32)31-9-7-18(8-10-31)36-23-12-19-21(13-22(23)35-2)28-15-29-26(19)30-20(14-25(33)34)16-5-4-6-17(27)11-16/h3-6,11-13,15,18,20H,1,7-10,14H2,2H3,(H,33,34)(H,28,29,30). The van der Waals surface area contributed by atoms with E-state index in [9.17, 15) is 14.7 Å². The highest BCUT2D eigenvalue weighted by molar-refractivity contribution is 6.30. The summed E-state index contributed by atoms with van der Waals surface area (Å²) in [5.74, 6) is 0.464. The Labute approximate surface area is 213 Å². The average molecular weight is 511 g/mol. The Bertz CT molecular complexity index is 1280. The minimum atomic E-state index is -0.960. The van der Waals surface area contributed by atoms with Crippen LogP contribution in [0.3, 0.4) is 0 Å². The predicted molar refractivity (Wildman–Crippen MR) is 137 cm³/mol. The smallest absolute Gasteiger partial charge is 0.305 e. The first kappa shape index (κ1) is 25.2. The normalized spacial score (nSPS) is 14.8. The second kappa shape index (κ2) is 11.3. The van der Waals surface area contributed by atoms with Crippen LogP contribution in [-0.4, -0.2) is 58.2 Å². The lowest BCUT2D eigenvalue weighted by atomic mass is 10.0. The predicted octanol–water partition coefficient (Wildman–Crippen LogP) is 4.48. The summed E-state index contributed by atoms with van der Waals surface area (Å²) < 4.78 is 11.8. The van der Waals surface area contributed by atoms with Gasteiger partial charge in [0.2, 0.25) is 5.91 Å². The van der Waals surface area contributed by atoms with Crippen LogP contribution in [0.5, 0.6) is 11.5 Å². The number of methoxy groups -OCH3 is 1. The third-order valence-corrected chi connectivity index (χ3v) is 6.32. The molecule has 1 saturated heterocycles. The molecule has 10 heteroatoms. The molecule has 1 aliphatic rings. The van der Waals surface area contributed by atoms with Crippen molar-refractivity contribution >= 4 is 40.2 Å². The number of carboxylic acid groups (broad SMARTS) is 1. The number of ether oxygens (including phenoxy) is 2. The number of amides is 1. The lowest BCUT2D eigenvalue weighted by Gasteiger charge is -2.31. The van der Waals surface area contributed by atoms with Crippen molar-refractivity contribution in [2.24, 2.45) is 0 Å². The third kappa shape index (κ3) is 5.85. The molecule has 2 heterocycles. The first-order chi connectivity index (χ1) is 17.4. The van der Waals surface area contributed by atoms with Crippen LogP contribution in [0.4, 0.5) is 5.82 Å². The van der Waals surface area contributed by atoms with Gasteiger partial charge in [-0.1, -0.05) is 30.3 Å². The van der Waals surface area contributed by atoms with E-state index in [1.54, 1.807) is 42.3 Å². The van der Waals surface area contributed by atoms with Gasteiger partial charge in [-0.15, -0.1) is 0 Å². The molecule has 0 aliphatic carbocycles. The summed E-state index contributed by atoms with van der Waals surface area (Å²) in [5, 5.41) is 13.9. The van der Waals surface area contributed by atoms with Crippen LogP contribution in [-0.2, 0) is 9.59 Å². The highest BCUT2D eigenvalue weighted by Gasteiger charge is 2.24. The van der Waals surface area contributed by atoms with Crippen molar-refractivity contribution in [2.45, 2.75) is 31.4 Å². The molecule has 1 aromatic heterocycles. The first-order valence-corrected chi connectivity index (χ1v) is 11.9. The molecule has 9 nitrogen and oxygen atoms in total. The van der Waals surface area contributed by atoms with Gasteiger partial charge in [0, 0.05) is 42.4 Å². The van der Waals surface area contributed by atoms with E-state index in [1.165, 1.54) is 12.4 Å². The maximum atomic E-state index is 11.9. The summed E-state index contributed by atoms with van der Waals surface area (Å²) in [6.45, 7) is 4.71. The fourth-order valence-electron chi connectivity index (χ4n) is 4.25. The van der Waals surface area contributed by atoms with Gasteiger partial charge in [0.25, 0.3) is 0 Å². The number of carboxylic acids is 1. The van der Waals surface area contributed by atoms with Gasteiger partial charge in [-0.2, -0.15) is 0 Å². The Balaban J connectivity index is 1.62. The average Bonchev–Trinajstić information content (AvgIpc) is 2.88. The van der Waals surface area contributed by atoms with E-state index in [4.69, 9.17) is 21.1 Å². The van der Waals surface area contributed by atoms with E-state index in [2.05, 4.69) is 21.9 Å². The van der Waals surface area contributed by atoms with E-state index < -0.39 is 12.0 Å². The van der Waals surface area contributed by atoms with Gasteiger partial charge in [0.05, 0.1) is 25.1 Å². The quantitative estimate of drug-likeness (QED) is 0.405. The highest BCUT2D eigenvalue weighted by Crippen LogP contribution is 2.37. The second-order valence-electron chi connectivity index (χ2n) is 8.44. The van der Waals surface area contributed by atoms with Gasteiger partial charge in [-0.25, -0.2) is 9.97 Å². The number of aromatic nitrogens is 2. The maximum Gasteiger partial charge on any atom is 0.305 e. The number of nitrogens with one attached hydrogen (secondary N) is 1. The zero-order valence-corrected chi connectivity index (χ0v) is 20.6. The number of benzene rings is 2. The molecule has 0 bridgehead atoms. The van der Waals surface area contributed by atoms with Gasteiger partial charge in [0.1, 0.15) is 18.2 Å². The van der Waals surface area contributed by atoms with Crippen LogP contribution >= 0.6 is 11.6 Å². The lowest BCUT2D eigenvalue weighted by molar-refractivity contribution is -0.137. The van der Waals surface area contributed by atoms with Gasteiger partial charge >= 0.3 is 5.97 Å². The van der Waals surface area contributed by atoms with E-state index in [-0.39, 0.29) is 18.4 Å². The summed E-state index contributed by atoms with van der Waals surface area (Å²) in [6.07, 6.45) is 3.81. The molecule has 188 valence electrons. The molecule has 0 spiro atoms. The molecule has 0 saturated carbocycles. The van der Waals surface area contributed by atoms with Crippen molar-refractivity contribution in [1.82, 2.24) is 14.9 Å². The number of carbonyl (C=O) groups excluding carboxylic acids is 1. The molecule has 1 amide bonds. The van der Waals surface area contributed by atoms with Gasteiger partial charge in [-0.3, -0.25) is 9.59 Å². The Morgan fingerprint density at radius 1 is 1.25 bits per heavy atom. The SMILES string of the molecule is C=CC(=O)N1CCC(Oc2cc3c(NC(CC(=O)O)c4cccc(Cl)c4)ncnc3cc2OC)CC1. The number of nitrogens with zero attached hydrogens (tertiary/aromatic N) is 3. The highest BCUT2D eigenvalue weighted by atomic mass is 35.5. The zero-order valence-electron chi connectivity index (χ0n) is 19.8. The Kier molecular flexibility index (Phi) is 7.90. The Hall–Kier alpha value is -3.85. The summed E-state index contributed by atoms with van der Waals surface area (Å²) in [6, 6.07) is 10.0. The van der Waals surface area contributed by atoms with Gasteiger partial charge in [-0.05, 0) is 29.8 Å². The number of halogens is 1. The number of likely N-dealkylation sites (tertiary alicyclic amines) is 1. The van der Waals surface area contributed by atoms with E-state index in [0.717, 1.165) is 5.56 Å². The minimum absolute atomic E-state index is 0.0831. The Morgan fingerprint density at radius 2 is 2.03 bits per heavy atom. The van der Waals surface area contributed by atoms with Crippen molar-refractivity contribution in [3.8, 4) is 11.5 Å². The van der Waals surface area contributed by atoms with Crippen molar-refractivity contribution in [3.63, 3.8) is 0 Å². The van der Waals surface area contributed by atoms with Crippen LogP contribution in [0, 0.1) is 0 Å². The number of fused-ring (bicyclic) bond motifs is 1. The number of rotatable bonds is 9. The lowest BCUT2D eigenvalue weighted by Crippen LogP contribution is -2.41. The summed E-state index contributed by atoms with van der Waals surface area (Å²) in [7, 11) is 1.56. The number of piperidine rings is 1. The molecule has 1 atom stereocenters. The third-order valence-electron chi connectivity index (χ3n) is 6.08. The monoisotopic (exact) mass is 510 g/mol. The molecule has 4 rings (SSSR count). The fraction of sp³-hybridized carbons (Fsp3) is 0.308. The molecule has 1 unspecified atom stereocenters. The molecule has 2 N–H and O–H groups in total. The van der Waals surface area contributed by atoms with Crippen LogP contribution in [0.1, 0.15) is 30.9 Å². The van der Waals surface area contributed by atoms with Crippen LogP contribution in [0.25, 0.3) is 10.9 Å². The molecule has 36 heavy (non-hydrogen) atoms. The Morgan fingerprint density at radius 3 is 2.69 bits per heavy atom. The number of hydrogen-bond donors (Lipinski definition) is 2. The number of anilines is 1. The first-order valence-electron chi connectivity index (χ1n) is 11.5. The summed E-state index contributed by atoms with van der Waals surface area (Å²) in [5.41, 5.74) is 1.34. The molecular formula is C26H27ClN4O5. The maximum absolute atomic E-state index is 11.9. The van der Waals surface area contributed by atoms with E-state index in [0.29, 0.717) is 59.2 Å². The van der Waals surface area contributed by atoms with Gasteiger partial charge in [0.15, 0.2) is 11.5 Å². The van der Waals surface area contributed by atoms with E-state index in [1.807, 2.05) is 6.07 Å². The van der Waals surface area contributed by atoms with Crippen molar-refractivity contribution < 1.29 is 24.2 Å². The number of aliphatic carboxylic acids is 1. The van der Waals surface area contributed by atoms with Crippen molar-refractivity contribution in [3.05, 3.63) is 66.0 Å². The van der Waals surface area contributed by atoms with Crippen LogP contribution < -0.4 is 14.8 Å². The summed E-state index contributed by atoms with van der Waals surface area (Å²) >= 11 is 6.15. The minimum Gasteiger partial charge on any atom is -0.493 e.